The van der Waals surface area contributed by atoms with Crippen molar-refractivity contribution in [3.05, 3.63) is 82.9 Å². The molecular weight excluding hydrogens is 474 g/mol. The van der Waals surface area contributed by atoms with Crippen LogP contribution in [0.5, 0.6) is 5.75 Å². The number of benzene rings is 3. The summed E-state index contributed by atoms with van der Waals surface area (Å²) in [6, 6.07) is 19.2. The first-order valence-electron chi connectivity index (χ1n) is 10.8. The average Bonchev–Trinajstić information content (AvgIpc) is 2.85. The lowest BCUT2D eigenvalue weighted by atomic mass is 10.1. The van der Waals surface area contributed by atoms with E-state index in [1.165, 1.54) is 12.1 Å². The van der Waals surface area contributed by atoms with Gasteiger partial charge in [-0.2, -0.15) is 0 Å². The number of amides is 1. The highest BCUT2D eigenvalue weighted by Gasteiger charge is 2.25. The minimum absolute atomic E-state index is 0.0574. The normalized spacial score (nSPS) is 14.1. The summed E-state index contributed by atoms with van der Waals surface area (Å²) in [5.74, 6) is 0.571. The quantitative estimate of drug-likeness (QED) is 0.543. The van der Waals surface area contributed by atoms with Crippen LogP contribution in [-0.4, -0.2) is 52.5 Å². The van der Waals surface area contributed by atoms with Gasteiger partial charge in [-0.25, -0.2) is 8.42 Å². The smallest absolute Gasteiger partial charge is 0.263 e. The average molecular weight is 500 g/mol. The van der Waals surface area contributed by atoms with E-state index in [1.807, 2.05) is 43.3 Å². The molecule has 3 aromatic rings. The van der Waals surface area contributed by atoms with Crippen molar-refractivity contribution in [2.75, 3.05) is 42.9 Å². The van der Waals surface area contributed by atoms with Gasteiger partial charge in [-0.1, -0.05) is 29.8 Å². The fourth-order valence-corrected chi connectivity index (χ4v) is 5.53. The number of methoxy groups -OCH3 is 1. The molecule has 0 spiro atoms. The van der Waals surface area contributed by atoms with E-state index in [4.69, 9.17) is 16.3 Å². The van der Waals surface area contributed by atoms with Crippen molar-refractivity contribution in [3.63, 3.8) is 0 Å². The number of para-hydroxylation sites is 1. The second-order valence-electron chi connectivity index (χ2n) is 8.04. The van der Waals surface area contributed by atoms with Gasteiger partial charge in [-0.05, 0) is 61.0 Å². The molecule has 1 amide bonds. The zero-order valence-electron chi connectivity index (χ0n) is 19.0. The number of piperazine rings is 1. The maximum atomic E-state index is 13.2. The summed E-state index contributed by atoms with van der Waals surface area (Å²) in [6.45, 7) is 4.20. The van der Waals surface area contributed by atoms with Gasteiger partial charge in [0.25, 0.3) is 15.9 Å². The molecule has 3 aromatic carbocycles. The number of nitrogens with zero attached hydrogens (tertiary/aromatic N) is 2. The van der Waals surface area contributed by atoms with Gasteiger partial charge in [0.15, 0.2) is 0 Å². The molecule has 0 radical (unpaired) electrons. The Morgan fingerprint density at radius 3 is 2.29 bits per heavy atom. The number of sulfonamides is 1. The van der Waals surface area contributed by atoms with Crippen molar-refractivity contribution in [1.82, 2.24) is 4.90 Å². The van der Waals surface area contributed by atoms with E-state index in [0.29, 0.717) is 31.9 Å². The molecule has 34 heavy (non-hydrogen) atoms. The Balaban J connectivity index is 1.48. The molecule has 1 fully saturated rings. The van der Waals surface area contributed by atoms with Crippen LogP contribution in [0.25, 0.3) is 0 Å². The van der Waals surface area contributed by atoms with E-state index in [-0.39, 0.29) is 21.4 Å². The van der Waals surface area contributed by atoms with Crippen molar-refractivity contribution in [3.8, 4) is 5.75 Å². The number of rotatable bonds is 6. The second kappa shape index (κ2) is 9.95. The van der Waals surface area contributed by atoms with Crippen LogP contribution in [0.1, 0.15) is 15.9 Å². The second-order valence-corrected chi connectivity index (χ2v) is 10.1. The summed E-state index contributed by atoms with van der Waals surface area (Å²) in [5, 5.41) is 0.0574. The Bertz CT molecular complexity index is 1290. The van der Waals surface area contributed by atoms with Crippen molar-refractivity contribution in [2.24, 2.45) is 0 Å². The van der Waals surface area contributed by atoms with Crippen LogP contribution >= 0.6 is 11.6 Å². The van der Waals surface area contributed by atoms with E-state index in [1.54, 1.807) is 30.2 Å². The molecule has 0 aliphatic carbocycles. The Labute approximate surface area is 205 Å². The van der Waals surface area contributed by atoms with Crippen molar-refractivity contribution in [1.29, 1.82) is 0 Å². The van der Waals surface area contributed by atoms with Gasteiger partial charge in [0.2, 0.25) is 0 Å². The first-order chi connectivity index (χ1) is 16.3. The summed E-state index contributed by atoms with van der Waals surface area (Å²) < 4.78 is 33.8. The third-order valence-corrected chi connectivity index (χ3v) is 7.71. The highest BCUT2D eigenvalue weighted by molar-refractivity contribution is 7.92. The number of halogens is 1. The van der Waals surface area contributed by atoms with Crippen LogP contribution in [0.4, 0.5) is 11.4 Å². The lowest BCUT2D eigenvalue weighted by Crippen LogP contribution is -2.48. The standard InChI is InChI=1S/C25H26ClN3O4S/c1-18-5-3-4-6-23(18)27-34(31,32)24-17-19(7-12-22(24)26)25(30)29-15-13-28(14-16-29)20-8-10-21(33-2)11-9-20/h3-12,17,27H,13-16H2,1-2H3. The summed E-state index contributed by atoms with van der Waals surface area (Å²) in [6.07, 6.45) is 0. The van der Waals surface area contributed by atoms with Gasteiger partial charge in [-0.15, -0.1) is 0 Å². The van der Waals surface area contributed by atoms with E-state index in [9.17, 15) is 13.2 Å². The summed E-state index contributed by atoms with van der Waals surface area (Å²) in [5.41, 5.74) is 2.59. The Morgan fingerprint density at radius 2 is 1.65 bits per heavy atom. The van der Waals surface area contributed by atoms with Gasteiger partial charge < -0.3 is 14.5 Å². The van der Waals surface area contributed by atoms with Crippen LogP contribution in [-0.2, 0) is 10.0 Å². The van der Waals surface area contributed by atoms with E-state index >= 15 is 0 Å². The summed E-state index contributed by atoms with van der Waals surface area (Å²) in [4.78, 5) is 17.0. The molecule has 7 nitrogen and oxygen atoms in total. The third-order valence-electron chi connectivity index (χ3n) is 5.86. The molecule has 1 aliphatic rings. The number of ether oxygens (including phenoxy) is 1. The molecule has 1 N–H and O–H groups in total. The van der Waals surface area contributed by atoms with Crippen LogP contribution in [0.2, 0.25) is 5.02 Å². The molecule has 0 unspecified atom stereocenters. The van der Waals surface area contributed by atoms with Crippen LogP contribution in [0.15, 0.2) is 71.6 Å². The highest BCUT2D eigenvalue weighted by Crippen LogP contribution is 2.27. The number of aryl methyl sites for hydroxylation is 1. The largest absolute Gasteiger partial charge is 0.497 e. The fourth-order valence-electron chi connectivity index (χ4n) is 3.87. The van der Waals surface area contributed by atoms with Crippen LogP contribution in [0.3, 0.4) is 0 Å². The predicted molar refractivity (Wildman–Crippen MR) is 135 cm³/mol. The third kappa shape index (κ3) is 5.13. The Morgan fingerprint density at radius 1 is 0.971 bits per heavy atom. The molecule has 1 saturated heterocycles. The molecule has 9 heteroatoms. The van der Waals surface area contributed by atoms with Crippen LogP contribution < -0.4 is 14.4 Å². The highest BCUT2D eigenvalue weighted by atomic mass is 35.5. The molecule has 0 saturated carbocycles. The van der Waals surface area contributed by atoms with Gasteiger partial charge in [-0.3, -0.25) is 9.52 Å². The number of carbonyl (C=O) groups is 1. The van der Waals surface area contributed by atoms with E-state index < -0.39 is 10.0 Å². The summed E-state index contributed by atoms with van der Waals surface area (Å²) >= 11 is 6.23. The predicted octanol–water partition coefficient (Wildman–Crippen LogP) is 4.42. The number of carbonyl (C=O) groups excluding carboxylic acids is 1. The molecule has 178 valence electrons. The lowest BCUT2D eigenvalue weighted by Gasteiger charge is -2.36. The SMILES string of the molecule is COc1ccc(N2CCN(C(=O)c3ccc(Cl)c(S(=O)(=O)Nc4ccccc4C)c3)CC2)cc1. The topological polar surface area (TPSA) is 79.0 Å². The van der Waals surface area contributed by atoms with Crippen molar-refractivity contribution < 1.29 is 17.9 Å². The minimum Gasteiger partial charge on any atom is -0.497 e. The molecule has 4 rings (SSSR count). The maximum absolute atomic E-state index is 13.2. The number of hydrogen-bond donors (Lipinski definition) is 1. The van der Waals surface area contributed by atoms with E-state index in [0.717, 1.165) is 17.0 Å². The fraction of sp³-hybridized carbons (Fsp3) is 0.240. The van der Waals surface area contributed by atoms with Gasteiger partial charge >= 0.3 is 0 Å². The molecular formula is C25H26ClN3O4S. The molecule has 0 bridgehead atoms. The van der Waals surface area contributed by atoms with Crippen molar-refractivity contribution in [2.45, 2.75) is 11.8 Å². The first-order valence-corrected chi connectivity index (χ1v) is 12.7. The zero-order chi connectivity index (χ0) is 24.3. The van der Waals surface area contributed by atoms with Gasteiger partial charge in [0.1, 0.15) is 10.6 Å². The number of anilines is 2. The number of nitrogens with one attached hydrogen (secondary N) is 1. The number of hydrogen-bond acceptors (Lipinski definition) is 5. The van der Waals surface area contributed by atoms with Gasteiger partial charge in [0.05, 0.1) is 17.8 Å². The molecule has 1 aliphatic heterocycles. The van der Waals surface area contributed by atoms with Gasteiger partial charge in [0, 0.05) is 37.4 Å². The molecule has 0 atom stereocenters. The van der Waals surface area contributed by atoms with E-state index in [2.05, 4.69) is 9.62 Å². The van der Waals surface area contributed by atoms with Crippen LogP contribution in [0, 0.1) is 6.92 Å². The Kier molecular flexibility index (Phi) is 7.00. The minimum atomic E-state index is -3.97. The first kappa shape index (κ1) is 23.9. The molecule has 1 heterocycles. The zero-order valence-corrected chi connectivity index (χ0v) is 20.6. The monoisotopic (exact) mass is 499 g/mol. The maximum Gasteiger partial charge on any atom is 0.263 e. The lowest BCUT2D eigenvalue weighted by molar-refractivity contribution is 0.0746. The molecule has 0 aromatic heterocycles. The summed E-state index contributed by atoms with van der Waals surface area (Å²) in [7, 11) is -2.34. The Hall–Kier alpha value is -3.23. The van der Waals surface area contributed by atoms with Crippen molar-refractivity contribution >= 4 is 38.9 Å².